The summed E-state index contributed by atoms with van der Waals surface area (Å²) >= 11 is 3.48. The summed E-state index contributed by atoms with van der Waals surface area (Å²) in [6.45, 7) is 5.10. The molecule has 3 nitrogen and oxygen atoms in total. The Morgan fingerprint density at radius 3 is 2.60 bits per heavy atom. The molecule has 0 spiro atoms. The van der Waals surface area contributed by atoms with Gasteiger partial charge in [0, 0.05) is 17.1 Å². The minimum atomic E-state index is -0.0592. The maximum atomic E-state index is 12.1. The predicted molar refractivity (Wildman–Crippen MR) is 81.3 cm³/mol. The van der Waals surface area contributed by atoms with Gasteiger partial charge in [0.05, 0.1) is 0 Å². The molecule has 0 aromatic heterocycles. The number of carbonyl (C=O) groups excluding carboxylic acids is 1. The number of rotatable bonds is 1. The van der Waals surface area contributed by atoms with Crippen molar-refractivity contribution in [2.75, 3.05) is 6.54 Å². The summed E-state index contributed by atoms with van der Waals surface area (Å²) in [6, 6.07) is 8.75. The number of cyclic esters (lactones) is 1. The third-order valence-electron chi connectivity index (χ3n) is 4.46. The first kappa shape index (κ1) is 14.1. The second-order valence-corrected chi connectivity index (χ2v) is 6.93. The Hall–Kier alpha value is -0.870. The molecule has 2 saturated heterocycles. The Balaban J connectivity index is 1.93. The largest absolute Gasteiger partial charge is 0.460 e. The summed E-state index contributed by atoms with van der Waals surface area (Å²) in [4.78, 5) is 14.5. The lowest BCUT2D eigenvalue weighted by Gasteiger charge is -2.48. The van der Waals surface area contributed by atoms with E-state index in [0.717, 1.165) is 23.9 Å². The fraction of sp³-hybridized carbons (Fsp3) is 0.562. The third-order valence-corrected chi connectivity index (χ3v) is 4.99. The van der Waals surface area contributed by atoms with Gasteiger partial charge in [-0.15, -0.1) is 0 Å². The Kier molecular flexibility index (Phi) is 3.87. The fourth-order valence-corrected chi connectivity index (χ4v) is 3.81. The molecule has 0 saturated carbocycles. The van der Waals surface area contributed by atoms with Crippen LogP contribution in [0.2, 0.25) is 0 Å². The van der Waals surface area contributed by atoms with Crippen LogP contribution in [0.1, 0.15) is 38.3 Å². The standard InChI is InChI=1S/C16H20BrNO2/c1-10-3-8-14-16(19)20-11(2)9-18(14)15(10)12-4-6-13(17)7-5-12/h4-7,10-11,14-15H,3,8-9H2,1-2H3/t10-,11+,14+,15-/m1/s1. The highest BCUT2D eigenvalue weighted by Gasteiger charge is 2.44. The zero-order chi connectivity index (χ0) is 14.3. The minimum absolute atomic E-state index is 0.0120. The van der Waals surface area contributed by atoms with E-state index in [0.29, 0.717) is 12.0 Å². The van der Waals surface area contributed by atoms with Crippen molar-refractivity contribution in [1.29, 1.82) is 0 Å². The molecule has 1 aromatic carbocycles. The number of hydrogen-bond donors (Lipinski definition) is 0. The molecule has 0 aliphatic carbocycles. The Bertz CT molecular complexity index is 502. The molecule has 3 rings (SSSR count). The van der Waals surface area contributed by atoms with E-state index in [-0.39, 0.29) is 18.1 Å². The Labute approximate surface area is 128 Å². The molecular formula is C16H20BrNO2. The molecule has 1 aromatic rings. The zero-order valence-electron chi connectivity index (χ0n) is 11.9. The second kappa shape index (κ2) is 5.49. The van der Waals surface area contributed by atoms with Gasteiger partial charge >= 0.3 is 5.97 Å². The summed E-state index contributed by atoms with van der Waals surface area (Å²) in [5.74, 6) is 0.517. The summed E-state index contributed by atoms with van der Waals surface area (Å²) in [7, 11) is 0. The highest BCUT2D eigenvalue weighted by atomic mass is 79.9. The van der Waals surface area contributed by atoms with Gasteiger partial charge in [0.1, 0.15) is 12.1 Å². The molecule has 2 fully saturated rings. The molecule has 4 atom stereocenters. The maximum Gasteiger partial charge on any atom is 0.323 e. The van der Waals surface area contributed by atoms with Gasteiger partial charge in [0.15, 0.2) is 0 Å². The number of ether oxygens (including phenoxy) is 1. The van der Waals surface area contributed by atoms with Gasteiger partial charge in [0.25, 0.3) is 0 Å². The number of benzene rings is 1. The fourth-order valence-electron chi connectivity index (χ4n) is 3.55. The van der Waals surface area contributed by atoms with Gasteiger partial charge in [-0.05, 0) is 43.4 Å². The van der Waals surface area contributed by atoms with Crippen LogP contribution in [0.15, 0.2) is 28.7 Å². The number of morpholine rings is 1. The topological polar surface area (TPSA) is 29.5 Å². The minimum Gasteiger partial charge on any atom is -0.460 e. The number of hydrogen-bond acceptors (Lipinski definition) is 3. The monoisotopic (exact) mass is 337 g/mol. The number of halogens is 1. The van der Waals surface area contributed by atoms with E-state index in [1.807, 2.05) is 6.92 Å². The van der Waals surface area contributed by atoms with E-state index in [2.05, 4.69) is 52.0 Å². The van der Waals surface area contributed by atoms with Crippen LogP contribution in [0.3, 0.4) is 0 Å². The van der Waals surface area contributed by atoms with Gasteiger partial charge < -0.3 is 4.74 Å². The highest BCUT2D eigenvalue weighted by molar-refractivity contribution is 9.10. The maximum absolute atomic E-state index is 12.1. The molecule has 0 N–H and O–H groups in total. The molecule has 0 radical (unpaired) electrons. The van der Waals surface area contributed by atoms with Gasteiger partial charge in [-0.1, -0.05) is 35.0 Å². The Morgan fingerprint density at radius 1 is 1.20 bits per heavy atom. The van der Waals surface area contributed by atoms with Crippen LogP contribution in [0.25, 0.3) is 0 Å². The van der Waals surface area contributed by atoms with Crippen molar-refractivity contribution in [3.63, 3.8) is 0 Å². The van der Waals surface area contributed by atoms with Crippen molar-refractivity contribution < 1.29 is 9.53 Å². The lowest BCUT2D eigenvalue weighted by Crippen LogP contribution is -2.56. The van der Waals surface area contributed by atoms with Gasteiger partial charge in [-0.2, -0.15) is 0 Å². The van der Waals surface area contributed by atoms with Gasteiger partial charge in [0.2, 0.25) is 0 Å². The smallest absolute Gasteiger partial charge is 0.323 e. The van der Waals surface area contributed by atoms with Crippen LogP contribution in [0.5, 0.6) is 0 Å². The molecular weight excluding hydrogens is 318 g/mol. The predicted octanol–water partition coefficient (Wildman–Crippen LogP) is 3.54. The SMILES string of the molecule is C[C@@H]1CC[C@H]2C(=O)O[C@@H](C)CN2[C@H]1c1ccc(Br)cc1. The van der Waals surface area contributed by atoms with Crippen LogP contribution < -0.4 is 0 Å². The van der Waals surface area contributed by atoms with Crippen LogP contribution in [-0.4, -0.2) is 29.6 Å². The van der Waals surface area contributed by atoms with Crippen LogP contribution in [0.4, 0.5) is 0 Å². The van der Waals surface area contributed by atoms with Crippen LogP contribution in [-0.2, 0) is 9.53 Å². The first-order valence-electron chi connectivity index (χ1n) is 7.28. The first-order chi connectivity index (χ1) is 9.56. The van der Waals surface area contributed by atoms with E-state index in [4.69, 9.17) is 4.74 Å². The molecule has 108 valence electrons. The number of carbonyl (C=O) groups is 1. The lowest BCUT2D eigenvalue weighted by atomic mass is 9.82. The van der Waals surface area contributed by atoms with Crippen molar-refractivity contribution in [2.24, 2.45) is 5.92 Å². The van der Waals surface area contributed by atoms with Crippen molar-refractivity contribution in [3.8, 4) is 0 Å². The first-order valence-corrected chi connectivity index (χ1v) is 8.07. The summed E-state index contributed by atoms with van der Waals surface area (Å²) in [6.07, 6.45) is 1.98. The van der Waals surface area contributed by atoms with Crippen molar-refractivity contribution in [1.82, 2.24) is 4.90 Å². The van der Waals surface area contributed by atoms with Crippen molar-refractivity contribution >= 4 is 21.9 Å². The lowest BCUT2D eigenvalue weighted by molar-refractivity contribution is -0.172. The molecule has 2 aliphatic heterocycles. The van der Waals surface area contributed by atoms with Gasteiger partial charge in [-0.25, -0.2) is 0 Å². The quantitative estimate of drug-likeness (QED) is 0.734. The summed E-state index contributed by atoms with van der Waals surface area (Å²) in [5, 5.41) is 0. The molecule has 2 aliphatic rings. The molecule has 0 amide bonds. The van der Waals surface area contributed by atoms with Crippen LogP contribution >= 0.6 is 15.9 Å². The average molecular weight is 338 g/mol. The number of esters is 1. The highest BCUT2D eigenvalue weighted by Crippen LogP contribution is 2.41. The second-order valence-electron chi connectivity index (χ2n) is 6.01. The van der Waals surface area contributed by atoms with E-state index < -0.39 is 0 Å². The molecule has 0 unspecified atom stereocenters. The van der Waals surface area contributed by atoms with E-state index in [1.165, 1.54) is 5.56 Å². The van der Waals surface area contributed by atoms with E-state index in [1.54, 1.807) is 0 Å². The molecule has 0 bridgehead atoms. The molecule has 4 heteroatoms. The average Bonchev–Trinajstić information content (AvgIpc) is 2.40. The zero-order valence-corrected chi connectivity index (χ0v) is 13.5. The number of fused-ring (bicyclic) bond motifs is 1. The van der Waals surface area contributed by atoms with E-state index in [9.17, 15) is 4.79 Å². The van der Waals surface area contributed by atoms with Crippen molar-refractivity contribution in [2.45, 2.75) is 44.9 Å². The number of nitrogens with zero attached hydrogens (tertiary/aromatic N) is 1. The van der Waals surface area contributed by atoms with Gasteiger partial charge in [-0.3, -0.25) is 9.69 Å². The van der Waals surface area contributed by atoms with Crippen molar-refractivity contribution in [3.05, 3.63) is 34.3 Å². The van der Waals surface area contributed by atoms with E-state index >= 15 is 0 Å². The Morgan fingerprint density at radius 2 is 1.90 bits per heavy atom. The third kappa shape index (κ3) is 2.51. The normalized spacial score (nSPS) is 34.5. The molecule has 20 heavy (non-hydrogen) atoms. The molecule has 2 heterocycles. The van der Waals surface area contributed by atoms with Crippen LogP contribution in [0, 0.1) is 5.92 Å². The summed E-state index contributed by atoms with van der Waals surface area (Å²) in [5.41, 5.74) is 1.30. The number of piperidine rings is 1. The summed E-state index contributed by atoms with van der Waals surface area (Å²) < 4.78 is 6.50.